The number of nitrogens with two attached hydrogens (primary N) is 1. The lowest BCUT2D eigenvalue weighted by molar-refractivity contribution is -0.117. The van der Waals surface area contributed by atoms with Crippen molar-refractivity contribution in [3.05, 3.63) is 0 Å². The molecule has 1 atom stereocenters. The maximum atomic E-state index is 10.8. The van der Waals surface area contributed by atoms with Crippen molar-refractivity contribution in [3.8, 4) is 12.3 Å². The lowest BCUT2D eigenvalue weighted by Gasteiger charge is -2.04. The number of hydrogen-bond acceptors (Lipinski definition) is 3. The summed E-state index contributed by atoms with van der Waals surface area (Å²) in [7, 11) is 0. The first-order chi connectivity index (χ1) is 4.74. The second-order valence-corrected chi connectivity index (χ2v) is 2.49. The fourth-order valence-corrected chi connectivity index (χ4v) is 1.12. The van der Waals surface area contributed by atoms with Gasteiger partial charge in [0.2, 0.25) is 5.78 Å². The summed E-state index contributed by atoms with van der Waals surface area (Å²) in [4.78, 5) is 10.8. The third kappa shape index (κ3) is 1.35. The molecule has 0 aromatic heterocycles. The molecule has 1 saturated heterocycles. The fourth-order valence-electron chi connectivity index (χ4n) is 1.12. The molecule has 3 heteroatoms. The number of rotatable bonds is 1. The highest BCUT2D eigenvalue weighted by molar-refractivity contribution is 5.97. The van der Waals surface area contributed by atoms with Crippen LogP contribution in [0, 0.1) is 18.3 Å². The van der Waals surface area contributed by atoms with Crippen molar-refractivity contribution >= 4 is 5.78 Å². The van der Waals surface area contributed by atoms with E-state index >= 15 is 0 Å². The van der Waals surface area contributed by atoms with Gasteiger partial charge in [0.15, 0.2) is 0 Å². The quantitative estimate of drug-likeness (QED) is 0.298. The Hall–Kier alpha value is -0.850. The van der Waals surface area contributed by atoms with Crippen LogP contribution in [0.4, 0.5) is 0 Å². The lowest BCUT2D eigenvalue weighted by atomic mass is 10.0. The maximum Gasteiger partial charge on any atom is 0.209 e. The standard InChI is InChI=1S/C7H10N2O/c1-2-7(10)6-3-4-9(8)5-6/h1,6H,3-5,8H2. The van der Waals surface area contributed by atoms with Crippen LogP contribution in [0.3, 0.4) is 0 Å². The molecule has 1 fully saturated rings. The zero-order valence-corrected chi connectivity index (χ0v) is 5.71. The summed E-state index contributed by atoms with van der Waals surface area (Å²) in [6, 6.07) is 0. The van der Waals surface area contributed by atoms with Crippen LogP contribution in [0.25, 0.3) is 0 Å². The summed E-state index contributed by atoms with van der Waals surface area (Å²) in [6.45, 7) is 1.39. The van der Waals surface area contributed by atoms with Gasteiger partial charge >= 0.3 is 0 Å². The minimum atomic E-state index is -0.118. The van der Waals surface area contributed by atoms with E-state index in [2.05, 4.69) is 5.92 Å². The van der Waals surface area contributed by atoms with Gasteiger partial charge < -0.3 is 0 Å². The third-order valence-electron chi connectivity index (χ3n) is 1.73. The molecule has 0 saturated carbocycles. The zero-order valence-electron chi connectivity index (χ0n) is 5.71. The highest BCUT2D eigenvalue weighted by atomic mass is 16.1. The number of nitrogens with zero attached hydrogens (tertiary/aromatic N) is 1. The molecular formula is C7H10N2O. The van der Waals surface area contributed by atoms with Gasteiger partial charge in [-0.3, -0.25) is 10.6 Å². The first kappa shape index (κ1) is 7.26. The van der Waals surface area contributed by atoms with E-state index in [1.54, 1.807) is 5.01 Å². The molecule has 0 aromatic rings. The molecule has 1 heterocycles. The molecule has 0 aromatic carbocycles. The van der Waals surface area contributed by atoms with Crippen molar-refractivity contribution in [1.29, 1.82) is 0 Å². The van der Waals surface area contributed by atoms with Crippen molar-refractivity contribution in [3.63, 3.8) is 0 Å². The Bertz CT molecular complexity index is 183. The molecule has 0 spiro atoms. The van der Waals surface area contributed by atoms with Gasteiger partial charge in [-0.05, 0) is 12.3 Å². The molecule has 0 amide bonds. The van der Waals surface area contributed by atoms with Gasteiger partial charge in [-0.15, -0.1) is 6.42 Å². The average molecular weight is 138 g/mol. The zero-order chi connectivity index (χ0) is 7.56. The van der Waals surface area contributed by atoms with Crippen LogP contribution in [-0.2, 0) is 4.79 Å². The number of hydrazine groups is 1. The number of Topliss-reactive ketones (excluding diaryl/α,β-unsaturated/α-hetero) is 1. The molecule has 3 nitrogen and oxygen atoms in total. The third-order valence-corrected chi connectivity index (χ3v) is 1.73. The minimum Gasteiger partial charge on any atom is -0.285 e. The maximum absolute atomic E-state index is 10.8. The summed E-state index contributed by atoms with van der Waals surface area (Å²) in [5.41, 5.74) is 0. The van der Waals surface area contributed by atoms with E-state index in [1.807, 2.05) is 0 Å². The van der Waals surface area contributed by atoms with E-state index < -0.39 is 0 Å². The molecule has 10 heavy (non-hydrogen) atoms. The molecule has 1 aliphatic rings. The first-order valence-corrected chi connectivity index (χ1v) is 3.24. The highest BCUT2D eigenvalue weighted by Gasteiger charge is 2.24. The molecule has 0 bridgehead atoms. The first-order valence-electron chi connectivity index (χ1n) is 3.24. The summed E-state index contributed by atoms with van der Waals surface area (Å²) in [5, 5.41) is 1.62. The SMILES string of the molecule is C#CC(=O)C1CCN(N)C1. The summed E-state index contributed by atoms with van der Waals surface area (Å²) < 4.78 is 0. The number of carbonyl (C=O) groups is 1. The number of ketones is 1. The molecule has 1 aliphatic heterocycles. The van der Waals surface area contributed by atoms with E-state index in [0.717, 1.165) is 13.0 Å². The van der Waals surface area contributed by atoms with Crippen molar-refractivity contribution in [2.45, 2.75) is 6.42 Å². The van der Waals surface area contributed by atoms with Crippen molar-refractivity contribution < 1.29 is 4.79 Å². The van der Waals surface area contributed by atoms with Crippen LogP contribution in [-0.4, -0.2) is 23.9 Å². The van der Waals surface area contributed by atoms with Crippen LogP contribution in [0.5, 0.6) is 0 Å². The van der Waals surface area contributed by atoms with E-state index in [9.17, 15) is 4.79 Å². The van der Waals surface area contributed by atoms with Gasteiger partial charge in [-0.1, -0.05) is 0 Å². The molecule has 54 valence electrons. The Morgan fingerprint density at radius 3 is 2.90 bits per heavy atom. The fraction of sp³-hybridized carbons (Fsp3) is 0.571. The molecule has 2 N–H and O–H groups in total. The van der Waals surface area contributed by atoms with Crippen LogP contribution in [0.1, 0.15) is 6.42 Å². The van der Waals surface area contributed by atoms with Crippen LogP contribution >= 0.6 is 0 Å². The smallest absolute Gasteiger partial charge is 0.209 e. The van der Waals surface area contributed by atoms with Gasteiger partial charge in [0.1, 0.15) is 0 Å². The summed E-state index contributed by atoms with van der Waals surface area (Å²) >= 11 is 0. The average Bonchev–Trinajstić information content (AvgIpc) is 2.34. The van der Waals surface area contributed by atoms with Crippen LogP contribution in [0.2, 0.25) is 0 Å². The Morgan fingerprint density at radius 2 is 2.50 bits per heavy atom. The molecule has 0 radical (unpaired) electrons. The van der Waals surface area contributed by atoms with E-state index in [1.165, 1.54) is 0 Å². The highest BCUT2D eigenvalue weighted by Crippen LogP contribution is 2.12. The molecule has 0 aliphatic carbocycles. The molecule has 1 unspecified atom stereocenters. The van der Waals surface area contributed by atoms with Crippen molar-refractivity contribution in [2.75, 3.05) is 13.1 Å². The van der Waals surface area contributed by atoms with E-state index in [-0.39, 0.29) is 11.7 Å². The molecular weight excluding hydrogens is 128 g/mol. The van der Waals surface area contributed by atoms with E-state index in [0.29, 0.717) is 6.54 Å². The molecule has 1 rings (SSSR count). The Balaban J connectivity index is 2.47. The lowest BCUT2D eigenvalue weighted by Crippen LogP contribution is -2.29. The van der Waals surface area contributed by atoms with Gasteiger partial charge in [0.25, 0.3) is 0 Å². The summed E-state index contributed by atoms with van der Waals surface area (Å²) in [5.74, 6) is 7.40. The predicted molar refractivity (Wildman–Crippen MR) is 37.7 cm³/mol. The van der Waals surface area contributed by atoms with Gasteiger partial charge in [0.05, 0.1) is 0 Å². The second kappa shape index (κ2) is 2.82. The van der Waals surface area contributed by atoms with Crippen LogP contribution in [0.15, 0.2) is 0 Å². The Labute approximate surface area is 60.2 Å². The predicted octanol–water partition coefficient (Wildman–Crippen LogP) is -0.616. The Morgan fingerprint density at radius 1 is 1.80 bits per heavy atom. The number of hydrogen-bond donors (Lipinski definition) is 1. The van der Waals surface area contributed by atoms with Gasteiger partial charge in [-0.2, -0.15) is 0 Å². The summed E-state index contributed by atoms with van der Waals surface area (Å²) in [6.07, 6.45) is 5.74. The topological polar surface area (TPSA) is 46.3 Å². The van der Waals surface area contributed by atoms with Gasteiger partial charge in [0, 0.05) is 19.0 Å². The van der Waals surface area contributed by atoms with Gasteiger partial charge in [-0.25, -0.2) is 5.01 Å². The van der Waals surface area contributed by atoms with Crippen LogP contribution < -0.4 is 5.84 Å². The van der Waals surface area contributed by atoms with Crippen molar-refractivity contribution in [2.24, 2.45) is 11.8 Å². The van der Waals surface area contributed by atoms with E-state index in [4.69, 9.17) is 12.3 Å². The largest absolute Gasteiger partial charge is 0.285 e. The second-order valence-electron chi connectivity index (χ2n) is 2.49. The number of terminal acetylenes is 1. The van der Waals surface area contributed by atoms with Crippen molar-refractivity contribution in [1.82, 2.24) is 5.01 Å². The monoisotopic (exact) mass is 138 g/mol. The normalized spacial score (nSPS) is 26.2. The minimum absolute atomic E-state index is 0.0185. The number of carbonyl (C=O) groups excluding carboxylic acids is 1. The Kier molecular flexibility index (Phi) is 2.05.